The van der Waals surface area contributed by atoms with Crippen LogP contribution in [0.2, 0.25) is 17.7 Å². The molecule has 4 nitrogen and oxygen atoms in total. The second kappa shape index (κ2) is 30.4. The van der Waals surface area contributed by atoms with Crippen molar-refractivity contribution in [1.82, 2.24) is 0 Å². The van der Waals surface area contributed by atoms with E-state index in [-0.39, 0.29) is 11.9 Å². The van der Waals surface area contributed by atoms with E-state index >= 15 is 0 Å². The van der Waals surface area contributed by atoms with Gasteiger partial charge in [-0.2, -0.15) is 0 Å². The Morgan fingerprint density at radius 2 is 0.844 bits per heavy atom. The Hall–Kier alpha value is 1.59. The van der Waals surface area contributed by atoms with Crippen LogP contribution < -0.4 is 0 Å². The maximum atomic E-state index is 13.0. The predicted octanol–water partition coefficient (Wildman–Crippen LogP) is 12.8. The van der Waals surface area contributed by atoms with Crippen LogP contribution >= 0.6 is 24.0 Å². The number of ether oxygens (including phenoxy) is 2. The van der Waals surface area contributed by atoms with Gasteiger partial charge in [-0.05, 0) is 0 Å². The van der Waals surface area contributed by atoms with E-state index in [1.807, 2.05) is 0 Å². The molecule has 0 aliphatic carbocycles. The molecule has 9 heteroatoms. The Labute approximate surface area is 295 Å². The molecular formula is C36H74O4S3Sn2. The summed E-state index contributed by atoms with van der Waals surface area (Å²) >= 11 is -5.71. The molecule has 0 saturated heterocycles. The first-order chi connectivity index (χ1) is 21.6. The monoisotopic (exact) mass is 906 g/mol. The zero-order valence-electron chi connectivity index (χ0n) is 31.0. The summed E-state index contributed by atoms with van der Waals surface area (Å²) in [4.78, 5) is 26.1. The van der Waals surface area contributed by atoms with E-state index in [0.29, 0.717) is 24.7 Å². The van der Waals surface area contributed by atoms with E-state index < -0.39 is 31.2 Å². The van der Waals surface area contributed by atoms with Gasteiger partial charge < -0.3 is 0 Å². The third-order valence-electron chi connectivity index (χ3n) is 8.30. The number of carbonyl (C=O) groups is 2. The predicted molar refractivity (Wildman–Crippen MR) is 211 cm³/mol. The van der Waals surface area contributed by atoms with Crippen LogP contribution in [0.1, 0.15) is 158 Å². The van der Waals surface area contributed by atoms with Crippen molar-refractivity contribution in [3.8, 4) is 0 Å². The van der Waals surface area contributed by atoms with E-state index in [0.717, 1.165) is 37.5 Å². The molecule has 45 heavy (non-hydrogen) atoms. The number of esters is 2. The molecule has 268 valence electrons. The van der Waals surface area contributed by atoms with Crippen molar-refractivity contribution in [3.05, 3.63) is 0 Å². The quantitative estimate of drug-likeness (QED) is 0.0379. The summed E-state index contributed by atoms with van der Waals surface area (Å²) in [5.74, 6) is 2.57. The van der Waals surface area contributed by atoms with Crippen LogP contribution in [0.3, 0.4) is 0 Å². The van der Waals surface area contributed by atoms with Gasteiger partial charge in [0.05, 0.1) is 0 Å². The molecule has 0 spiro atoms. The molecule has 0 saturated carbocycles. The topological polar surface area (TPSA) is 52.6 Å². The normalized spacial score (nSPS) is 12.3. The Morgan fingerprint density at radius 1 is 0.511 bits per heavy atom. The Balaban J connectivity index is 5.65. The van der Waals surface area contributed by atoms with Crippen molar-refractivity contribution in [2.75, 3.05) is 24.7 Å². The van der Waals surface area contributed by atoms with Crippen LogP contribution in [0.5, 0.6) is 0 Å². The molecule has 0 aliphatic heterocycles. The first-order valence-corrected chi connectivity index (χ1v) is 43.7. The minimum absolute atomic E-state index is 0.00562. The van der Waals surface area contributed by atoms with Crippen molar-refractivity contribution in [2.45, 2.75) is 176 Å². The molecule has 0 radical (unpaired) electrons. The van der Waals surface area contributed by atoms with Crippen LogP contribution in [0.15, 0.2) is 0 Å². The second-order valence-corrected chi connectivity index (χ2v) is 74.2. The van der Waals surface area contributed by atoms with Crippen molar-refractivity contribution in [2.24, 2.45) is 11.8 Å². The van der Waals surface area contributed by atoms with Crippen molar-refractivity contribution in [1.29, 1.82) is 0 Å². The number of carbonyl (C=O) groups excluding carboxylic acids is 2. The number of rotatable bonds is 32. The van der Waals surface area contributed by atoms with E-state index in [4.69, 9.17) is 9.47 Å². The van der Waals surface area contributed by atoms with E-state index in [2.05, 4.69) is 79.4 Å². The van der Waals surface area contributed by atoms with Gasteiger partial charge in [0.15, 0.2) is 0 Å². The van der Waals surface area contributed by atoms with Gasteiger partial charge in [-0.1, -0.05) is 0 Å². The molecular weight excluding hydrogens is 830 g/mol. The van der Waals surface area contributed by atoms with Crippen molar-refractivity contribution in [3.63, 3.8) is 0 Å². The summed E-state index contributed by atoms with van der Waals surface area (Å²) in [6.45, 7) is 19.5. The number of hydrogen-bond donors (Lipinski definition) is 0. The fourth-order valence-electron chi connectivity index (χ4n) is 5.42. The molecule has 0 atom stereocenters. The number of hydrogen-bond acceptors (Lipinski definition) is 7. The van der Waals surface area contributed by atoms with Crippen LogP contribution in [-0.4, -0.2) is 67.9 Å². The fourth-order valence-corrected chi connectivity index (χ4v) is 187. The third kappa shape index (κ3) is 26.1. The first kappa shape index (κ1) is 46.6. The molecule has 0 unspecified atom stereocenters. The Bertz CT molecular complexity index is 650. The summed E-state index contributed by atoms with van der Waals surface area (Å²) in [6, 6.07) is 0. The van der Waals surface area contributed by atoms with E-state index in [1.54, 1.807) is 0 Å². The average molecular weight is 905 g/mol. The van der Waals surface area contributed by atoms with Crippen LogP contribution in [0, 0.1) is 11.8 Å². The third-order valence-corrected chi connectivity index (χ3v) is 122. The SMILES string of the molecule is CCC[CH2][Sn]([CH2]CCC)([S]CC(=O)OCCCCCC(C)C)[S][Sn]([CH2]CCC)([CH2]CCC)[S]CC(=O)OCCCCCC(C)C. The van der Waals surface area contributed by atoms with Crippen LogP contribution in [0.25, 0.3) is 0 Å². The van der Waals surface area contributed by atoms with Gasteiger partial charge in [-0.15, -0.1) is 0 Å². The maximum absolute atomic E-state index is 13.0. The summed E-state index contributed by atoms with van der Waals surface area (Å²) in [6.07, 6.45) is 21.7. The van der Waals surface area contributed by atoms with Gasteiger partial charge in [0.25, 0.3) is 0 Å². The zero-order chi connectivity index (χ0) is 33.8. The molecule has 0 aromatic heterocycles. The van der Waals surface area contributed by atoms with Crippen molar-refractivity contribution >= 4 is 67.2 Å². The van der Waals surface area contributed by atoms with Gasteiger partial charge in [-0.25, -0.2) is 0 Å². The Morgan fingerprint density at radius 3 is 1.13 bits per heavy atom. The van der Waals surface area contributed by atoms with Crippen LogP contribution in [-0.2, 0) is 19.1 Å². The molecule has 0 rings (SSSR count). The molecule has 0 fully saturated rings. The second-order valence-electron chi connectivity index (χ2n) is 13.8. The summed E-state index contributed by atoms with van der Waals surface area (Å²) in [5.41, 5.74) is 0. The van der Waals surface area contributed by atoms with E-state index in [9.17, 15) is 9.59 Å². The van der Waals surface area contributed by atoms with Gasteiger partial charge in [0.1, 0.15) is 0 Å². The van der Waals surface area contributed by atoms with Gasteiger partial charge >= 0.3 is 299 Å². The average Bonchev–Trinajstić information content (AvgIpc) is 3.01. The summed E-state index contributed by atoms with van der Waals surface area (Å²) in [7, 11) is 4.20. The summed E-state index contributed by atoms with van der Waals surface area (Å²) < 4.78 is 17.0. The summed E-state index contributed by atoms with van der Waals surface area (Å²) in [5, 5.41) is 0. The standard InChI is InChI=1S/2C10H20O2S.4C4H9.S.2Sn/c2*1-9(2)6-4-3-5-7-12-10(11)8-13;4*1-3-4-2;;;/h2*9,13H,3-8H2,1-2H3;4*1,3-4H2,2H3;;;/q;;;;;;;2*+1/p-2. The first-order valence-electron chi connectivity index (χ1n) is 18.9. The molecule has 0 aromatic carbocycles. The molecule has 0 N–H and O–H groups in total. The van der Waals surface area contributed by atoms with E-state index in [1.165, 1.54) is 94.8 Å². The zero-order valence-corrected chi connectivity index (χ0v) is 39.1. The van der Waals surface area contributed by atoms with Crippen LogP contribution in [0.4, 0.5) is 0 Å². The van der Waals surface area contributed by atoms with Crippen molar-refractivity contribution < 1.29 is 19.1 Å². The molecule has 0 aliphatic rings. The fraction of sp³-hybridized carbons (Fsp3) is 0.944. The van der Waals surface area contributed by atoms with Gasteiger partial charge in [0.2, 0.25) is 0 Å². The molecule has 0 bridgehead atoms. The molecule has 0 aromatic rings. The molecule has 0 heterocycles. The minimum atomic E-state index is -2.86. The number of unbranched alkanes of at least 4 members (excludes halogenated alkanes) is 8. The Kier molecular flexibility index (Phi) is 31.5. The molecule has 0 amide bonds. The van der Waals surface area contributed by atoms with Gasteiger partial charge in [0, 0.05) is 0 Å². The van der Waals surface area contributed by atoms with Gasteiger partial charge in [-0.3, -0.25) is 0 Å².